The molecular weight excluding hydrogens is 292 g/mol. The number of carbonyl (C=O) groups excluding carboxylic acids is 1. The fourth-order valence-electron chi connectivity index (χ4n) is 1.96. The zero-order chi connectivity index (χ0) is 15.4. The topological polar surface area (TPSA) is 29.1 Å². The van der Waals surface area contributed by atoms with E-state index in [9.17, 15) is 13.6 Å². The third-order valence-corrected chi connectivity index (χ3v) is 3.90. The molecule has 0 aliphatic heterocycles. The van der Waals surface area contributed by atoms with Gasteiger partial charge in [0.2, 0.25) is 0 Å². The van der Waals surface area contributed by atoms with E-state index in [0.29, 0.717) is 0 Å². The van der Waals surface area contributed by atoms with Crippen molar-refractivity contribution < 1.29 is 13.6 Å². The highest BCUT2D eigenvalue weighted by atomic mass is 32.2. The van der Waals surface area contributed by atoms with Gasteiger partial charge in [-0.1, -0.05) is 18.2 Å². The Morgan fingerprint density at radius 2 is 1.67 bits per heavy atom. The van der Waals surface area contributed by atoms with E-state index in [1.54, 1.807) is 18.7 Å². The normalized spacial score (nSPS) is 12.0. The summed E-state index contributed by atoms with van der Waals surface area (Å²) in [5.74, 6) is -2.48. The van der Waals surface area contributed by atoms with Crippen molar-refractivity contribution in [3.05, 3.63) is 65.2 Å². The molecule has 21 heavy (non-hydrogen) atoms. The summed E-state index contributed by atoms with van der Waals surface area (Å²) in [4.78, 5) is 13.1. The lowest BCUT2D eigenvalue weighted by molar-refractivity contribution is 0.0931. The predicted octanol–water partition coefficient (Wildman–Crippen LogP) is 4.18. The Morgan fingerprint density at radius 1 is 1.10 bits per heavy atom. The number of halogens is 2. The first-order chi connectivity index (χ1) is 10.0. The van der Waals surface area contributed by atoms with Crippen molar-refractivity contribution in [3.8, 4) is 0 Å². The third-order valence-electron chi connectivity index (χ3n) is 3.15. The number of thioether (sulfide) groups is 1. The van der Waals surface area contributed by atoms with Gasteiger partial charge in [-0.2, -0.15) is 0 Å². The van der Waals surface area contributed by atoms with Crippen molar-refractivity contribution in [2.24, 2.45) is 0 Å². The first kappa shape index (κ1) is 15.5. The molecule has 1 N–H and O–H groups in total. The summed E-state index contributed by atoms with van der Waals surface area (Å²) in [6, 6.07) is 10.7. The predicted molar refractivity (Wildman–Crippen MR) is 80.5 cm³/mol. The van der Waals surface area contributed by atoms with Gasteiger partial charge in [0.05, 0.1) is 6.04 Å². The molecule has 5 heteroatoms. The van der Waals surface area contributed by atoms with Gasteiger partial charge in [-0.25, -0.2) is 8.78 Å². The third kappa shape index (κ3) is 3.61. The SMILES string of the molecule is CSc1ccc(C(C)NC(=O)c2c(F)cccc2F)cc1. The van der Waals surface area contributed by atoms with Gasteiger partial charge >= 0.3 is 0 Å². The van der Waals surface area contributed by atoms with Gasteiger partial charge in [0.1, 0.15) is 17.2 Å². The van der Waals surface area contributed by atoms with E-state index < -0.39 is 23.1 Å². The van der Waals surface area contributed by atoms with Gasteiger partial charge in [-0.15, -0.1) is 11.8 Å². The van der Waals surface area contributed by atoms with Crippen LogP contribution in [0, 0.1) is 11.6 Å². The van der Waals surface area contributed by atoms with Gasteiger partial charge in [0, 0.05) is 4.90 Å². The Bertz CT molecular complexity index is 623. The Balaban J connectivity index is 2.15. The molecule has 2 nitrogen and oxygen atoms in total. The number of hydrogen-bond donors (Lipinski definition) is 1. The summed E-state index contributed by atoms with van der Waals surface area (Å²) in [6.45, 7) is 1.77. The number of rotatable bonds is 4. The quantitative estimate of drug-likeness (QED) is 0.859. The molecule has 110 valence electrons. The molecule has 2 aromatic rings. The van der Waals surface area contributed by atoms with E-state index in [2.05, 4.69) is 5.32 Å². The zero-order valence-corrected chi connectivity index (χ0v) is 12.5. The molecule has 0 saturated carbocycles. The van der Waals surface area contributed by atoms with Crippen LogP contribution in [0.15, 0.2) is 47.4 Å². The number of carbonyl (C=O) groups is 1. The second-order valence-electron chi connectivity index (χ2n) is 4.56. The van der Waals surface area contributed by atoms with Crippen molar-refractivity contribution in [1.82, 2.24) is 5.32 Å². The summed E-state index contributed by atoms with van der Waals surface area (Å²) < 4.78 is 27.1. The maximum Gasteiger partial charge on any atom is 0.257 e. The highest BCUT2D eigenvalue weighted by Crippen LogP contribution is 2.20. The fourth-order valence-corrected chi connectivity index (χ4v) is 2.37. The molecule has 0 aliphatic rings. The van der Waals surface area contributed by atoms with Crippen LogP contribution in [-0.2, 0) is 0 Å². The summed E-state index contributed by atoms with van der Waals surface area (Å²) >= 11 is 1.62. The van der Waals surface area contributed by atoms with Gasteiger partial charge < -0.3 is 5.32 Å². The van der Waals surface area contributed by atoms with E-state index in [1.165, 1.54) is 6.07 Å². The van der Waals surface area contributed by atoms with Gasteiger partial charge in [0.25, 0.3) is 5.91 Å². The molecule has 1 amide bonds. The number of nitrogens with one attached hydrogen (secondary N) is 1. The molecule has 0 fully saturated rings. The van der Waals surface area contributed by atoms with Crippen LogP contribution in [0.1, 0.15) is 28.9 Å². The zero-order valence-electron chi connectivity index (χ0n) is 11.7. The maximum atomic E-state index is 13.5. The van der Waals surface area contributed by atoms with E-state index in [1.807, 2.05) is 30.5 Å². The molecule has 2 rings (SSSR count). The molecule has 1 atom stereocenters. The number of benzene rings is 2. The number of hydrogen-bond acceptors (Lipinski definition) is 2. The summed E-state index contributed by atoms with van der Waals surface area (Å²) in [7, 11) is 0. The smallest absolute Gasteiger partial charge is 0.257 e. The van der Waals surface area contributed by atoms with Gasteiger partial charge in [-0.3, -0.25) is 4.79 Å². The largest absolute Gasteiger partial charge is 0.345 e. The second kappa shape index (κ2) is 6.72. The minimum absolute atomic E-state index is 0.340. The minimum atomic E-state index is -0.863. The Labute approximate surface area is 126 Å². The van der Waals surface area contributed by atoms with Crippen LogP contribution in [0.3, 0.4) is 0 Å². The van der Waals surface area contributed by atoms with Crippen LogP contribution in [0.4, 0.5) is 8.78 Å². The maximum absolute atomic E-state index is 13.5. The van der Waals surface area contributed by atoms with Gasteiger partial charge in [0.15, 0.2) is 0 Å². The highest BCUT2D eigenvalue weighted by molar-refractivity contribution is 7.98. The van der Waals surface area contributed by atoms with Crippen molar-refractivity contribution in [2.45, 2.75) is 17.9 Å². The summed E-state index contributed by atoms with van der Waals surface area (Å²) in [5.41, 5.74) is 0.322. The van der Waals surface area contributed by atoms with Crippen LogP contribution in [-0.4, -0.2) is 12.2 Å². The summed E-state index contributed by atoms with van der Waals surface area (Å²) in [6.07, 6.45) is 1.97. The Morgan fingerprint density at radius 3 is 2.19 bits per heavy atom. The molecule has 0 aromatic heterocycles. The van der Waals surface area contributed by atoms with E-state index >= 15 is 0 Å². The van der Waals surface area contributed by atoms with Crippen molar-refractivity contribution in [3.63, 3.8) is 0 Å². The average Bonchev–Trinajstić information content (AvgIpc) is 2.47. The standard InChI is InChI=1S/C16H15F2NOS/c1-10(11-6-8-12(21-2)9-7-11)19-16(20)15-13(17)4-3-5-14(15)18/h3-10H,1-2H3,(H,19,20). The highest BCUT2D eigenvalue weighted by Gasteiger charge is 2.19. The van der Waals surface area contributed by atoms with Crippen molar-refractivity contribution in [2.75, 3.05) is 6.26 Å². The van der Waals surface area contributed by atoms with Gasteiger partial charge in [-0.05, 0) is 43.0 Å². The Hall–Kier alpha value is -1.88. The average molecular weight is 307 g/mol. The first-order valence-electron chi connectivity index (χ1n) is 6.41. The minimum Gasteiger partial charge on any atom is -0.345 e. The first-order valence-corrected chi connectivity index (χ1v) is 7.64. The van der Waals surface area contributed by atoms with E-state index in [4.69, 9.17) is 0 Å². The molecule has 0 radical (unpaired) electrons. The monoisotopic (exact) mass is 307 g/mol. The molecule has 0 spiro atoms. The molecule has 0 bridgehead atoms. The van der Waals surface area contributed by atoms with E-state index in [-0.39, 0.29) is 6.04 Å². The molecular formula is C16H15F2NOS. The second-order valence-corrected chi connectivity index (χ2v) is 5.44. The number of amides is 1. The molecule has 2 aromatic carbocycles. The van der Waals surface area contributed by atoms with Crippen LogP contribution in [0.2, 0.25) is 0 Å². The lowest BCUT2D eigenvalue weighted by atomic mass is 10.1. The van der Waals surface area contributed by atoms with Crippen LogP contribution >= 0.6 is 11.8 Å². The molecule has 1 unspecified atom stereocenters. The Kier molecular flexibility index (Phi) is 4.96. The van der Waals surface area contributed by atoms with E-state index in [0.717, 1.165) is 22.6 Å². The van der Waals surface area contributed by atoms with Crippen LogP contribution < -0.4 is 5.32 Å². The van der Waals surface area contributed by atoms with Crippen LogP contribution in [0.25, 0.3) is 0 Å². The lowest BCUT2D eigenvalue weighted by Gasteiger charge is -2.15. The van der Waals surface area contributed by atoms with Crippen molar-refractivity contribution >= 4 is 17.7 Å². The fraction of sp³-hybridized carbons (Fsp3) is 0.188. The molecule has 0 heterocycles. The summed E-state index contributed by atoms with van der Waals surface area (Å²) in [5, 5.41) is 2.61. The van der Waals surface area contributed by atoms with Crippen molar-refractivity contribution in [1.29, 1.82) is 0 Å². The van der Waals surface area contributed by atoms with Crippen LogP contribution in [0.5, 0.6) is 0 Å². The molecule has 0 aliphatic carbocycles. The molecule has 0 saturated heterocycles. The lowest BCUT2D eigenvalue weighted by Crippen LogP contribution is -2.28.